The van der Waals surface area contributed by atoms with Crippen molar-refractivity contribution in [2.24, 2.45) is 0 Å². The minimum absolute atomic E-state index is 0.0620. The Morgan fingerprint density at radius 3 is 2.86 bits per heavy atom. The summed E-state index contributed by atoms with van der Waals surface area (Å²) in [5, 5.41) is 0. The molecule has 4 N–H and O–H groups in total. The van der Waals surface area contributed by atoms with E-state index in [0.717, 1.165) is 0 Å². The third kappa shape index (κ3) is 2.30. The number of aromatic amines is 2. The number of H-pyrrole nitrogens is 2. The monoisotopic (exact) mass is 311 g/mol. The van der Waals surface area contributed by atoms with Crippen LogP contribution in [0.25, 0.3) is 11.2 Å². The van der Waals surface area contributed by atoms with E-state index in [2.05, 4.69) is 15.0 Å². The van der Waals surface area contributed by atoms with Crippen LogP contribution in [-0.2, 0) is 14.2 Å². The highest BCUT2D eigenvalue weighted by molar-refractivity contribution is 5.70. The predicted octanol–water partition coefficient (Wildman–Crippen LogP) is -1.06. The van der Waals surface area contributed by atoms with E-state index in [1.807, 2.05) is 0 Å². The molecule has 0 amide bonds. The number of ether oxygens (including phenoxy) is 3. The molecule has 0 saturated carbocycles. The number of methoxy groups -OCH3 is 2. The van der Waals surface area contributed by atoms with Gasteiger partial charge in [0.15, 0.2) is 11.2 Å². The number of nitrogens with one attached hydrogen (secondary N) is 2. The van der Waals surface area contributed by atoms with Gasteiger partial charge in [-0.25, -0.2) is 9.36 Å². The zero-order valence-corrected chi connectivity index (χ0v) is 12.2. The average molecular weight is 311 g/mol. The van der Waals surface area contributed by atoms with Gasteiger partial charge in [0.1, 0.15) is 12.3 Å². The maximum absolute atomic E-state index is 12.2. The van der Waals surface area contributed by atoms with Gasteiger partial charge in [-0.1, -0.05) is 0 Å². The van der Waals surface area contributed by atoms with Crippen LogP contribution in [0.2, 0.25) is 0 Å². The summed E-state index contributed by atoms with van der Waals surface area (Å²) in [7, 11) is 3.13. The van der Waals surface area contributed by atoms with Crippen LogP contribution in [0.5, 0.6) is 0 Å². The minimum Gasteiger partial charge on any atom is -0.382 e. The van der Waals surface area contributed by atoms with Crippen molar-refractivity contribution in [2.45, 2.75) is 24.9 Å². The third-order valence-corrected chi connectivity index (χ3v) is 3.70. The molecule has 1 saturated heterocycles. The molecular formula is C12H17N5O5. The third-order valence-electron chi connectivity index (χ3n) is 3.70. The molecule has 3 rings (SSSR count). The van der Waals surface area contributed by atoms with E-state index in [0.29, 0.717) is 13.0 Å². The lowest BCUT2D eigenvalue weighted by atomic mass is 10.2. The lowest BCUT2D eigenvalue weighted by Gasteiger charge is -2.15. The van der Waals surface area contributed by atoms with E-state index in [4.69, 9.17) is 19.9 Å². The minimum atomic E-state index is -0.611. The highest BCUT2D eigenvalue weighted by Gasteiger charge is 2.38. The van der Waals surface area contributed by atoms with Gasteiger partial charge >= 0.3 is 5.69 Å². The van der Waals surface area contributed by atoms with E-state index in [9.17, 15) is 9.59 Å². The molecule has 0 aliphatic carbocycles. The molecule has 22 heavy (non-hydrogen) atoms. The number of nitrogens with zero attached hydrogens (tertiary/aromatic N) is 2. The van der Waals surface area contributed by atoms with Crippen LogP contribution in [0, 0.1) is 0 Å². The van der Waals surface area contributed by atoms with Crippen molar-refractivity contribution in [3.8, 4) is 0 Å². The van der Waals surface area contributed by atoms with Gasteiger partial charge in [-0.3, -0.25) is 14.8 Å². The zero-order chi connectivity index (χ0) is 15.9. The summed E-state index contributed by atoms with van der Waals surface area (Å²) in [6, 6.07) is 0. The number of anilines is 1. The van der Waals surface area contributed by atoms with Crippen LogP contribution >= 0.6 is 0 Å². The average Bonchev–Trinajstić information content (AvgIpc) is 3.00. The Bertz CT molecular complexity index is 793. The molecule has 120 valence electrons. The molecule has 1 aliphatic rings. The second-order valence-corrected chi connectivity index (χ2v) is 5.04. The molecule has 2 aromatic rings. The fourth-order valence-corrected chi connectivity index (χ4v) is 2.72. The van der Waals surface area contributed by atoms with Gasteiger partial charge in [-0.05, 0) is 0 Å². The number of fused-ring (bicyclic) bond motifs is 1. The second kappa shape index (κ2) is 5.55. The molecular weight excluding hydrogens is 294 g/mol. The van der Waals surface area contributed by atoms with Crippen LogP contribution in [0.15, 0.2) is 9.59 Å². The van der Waals surface area contributed by atoms with Crippen LogP contribution in [0.4, 0.5) is 5.95 Å². The Morgan fingerprint density at radius 2 is 2.18 bits per heavy atom. The smallest absolute Gasteiger partial charge is 0.329 e. The van der Waals surface area contributed by atoms with Gasteiger partial charge in [0.05, 0.1) is 12.7 Å². The number of hydrogen-bond acceptors (Lipinski definition) is 7. The van der Waals surface area contributed by atoms with Crippen LogP contribution < -0.4 is 17.0 Å². The Morgan fingerprint density at radius 1 is 1.41 bits per heavy atom. The van der Waals surface area contributed by atoms with E-state index >= 15 is 0 Å². The summed E-state index contributed by atoms with van der Waals surface area (Å²) in [6.45, 7) is 0.336. The molecule has 1 fully saturated rings. The second-order valence-electron chi connectivity index (χ2n) is 5.04. The van der Waals surface area contributed by atoms with Crippen LogP contribution in [0.3, 0.4) is 0 Å². The summed E-state index contributed by atoms with van der Waals surface area (Å²) < 4.78 is 17.5. The molecule has 2 aromatic heterocycles. The van der Waals surface area contributed by atoms with Crippen molar-refractivity contribution in [3.05, 3.63) is 20.8 Å². The maximum atomic E-state index is 12.2. The van der Waals surface area contributed by atoms with E-state index in [1.165, 1.54) is 4.57 Å². The summed E-state index contributed by atoms with van der Waals surface area (Å²) >= 11 is 0. The fraction of sp³-hybridized carbons (Fsp3) is 0.583. The molecule has 10 heteroatoms. The Balaban J connectivity index is 2.06. The SMILES string of the molecule is COC[C@H]1O[C@@H](n2c(=O)[nH]c3c(=O)[nH]c(N)nc32)CC1OC. The molecule has 1 unspecified atom stereocenters. The number of imidazole rings is 1. The first-order valence-corrected chi connectivity index (χ1v) is 6.72. The van der Waals surface area contributed by atoms with Gasteiger partial charge in [-0.2, -0.15) is 4.98 Å². The van der Waals surface area contributed by atoms with Gasteiger partial charge in [0.2, 0.25) is 5.95 Å². The Kier molecular flexibility index (Phi) is 3.72. The first-order valence-electron chi connectivity index (χ1n) is 6.72. The number of nitrogens with two attached hydrogens (primary N) is 1. The number of nitrogen functional groups attached to an aromatic ring is 1. The van der Waals surface area contributed by atoms with Gasteiger partial charge in [0.25, 0.3) is 5.56 Å². The van der Waals surface area contributed by atoms with Gasteiger partial charge < -0.3 is 19.9 Å². The van der Waals surface area contributed by atoms with Crippen molar-refractivity contribution >= 4 is 17.1 Å². The van der Waals surface area contributed by atoms with Crippen LogP contribution in [-0.4, -0.2) is 52.6 Å². The number of aromatic nitrogens is 4. The molecule has 0 spiro atoms. The number of hydrogen-bond donors (Lipinski definition) is 3. The van der Waals surface area contributed by atoms with Gasteiger partial charge in [0, 0.05) is 20.6 Å². The quantitative estimate of drug-likeness (QED) is 0.654. The predicted molar refractivity (Wildman–Crippen MR) is 76.6 cm³/mol. The van der Waals surface area contributed by atoms with E-state index < -0.39 is 17.5 Å². The molecule has 3 heterocycles. The fourth-order valence-electron chi connectivity index (χ4n) is 2.72. The molecule has 10 nitrogen and oxygen atoms in total. The summed E-state index contributed by atoms with van der Waals surface area (Å²) in [5.74, 6) is -0.0695. The lowest BCUT2D eigenvalue weighted by molar-refractivity contribution is -0.0604. The van der Waals surface area contributed by atoms with Crippen molar-refractivity contribution in [1.29, 1.82) is 0 Å². The van der Waals surface area contributed by atoms with Crippen LogP contribution in [0.1, 0.15) is 12.6 Å². The highest BCUT2D eigenvalue weighted by Crippen LogP contribution is 2.31. The van der Waals surface area contributed by atoms with Crippen molar-refractivity contribution in [2.75, 3.05) is 26.6 Å². The van der Waals surface area contributed by atoms with Crippen molar-refractivity contribution < 1.29 is 14.2 Å². The summed E-state index contributed by atoms with van der Waals surface area (Å²) in [5.41, 5.74) is 4.77. The van der Waals surface area contributed by atoms with Crippen molar-refractivity contribution in [3.63, 3.8) is 0 Å². The first-order chi connectivity index (χ1) is 10.5. The molecule has 3 atom stereocenters. The summed E-state index contributed by atoms with van der Waals surface area (Å²) in [6.07, 6.45) is -0.705. The molecule has 0 bridgehead atoms. The Labute approximate surface area is 124 Å². The van der Waals surface area contributed by atoms with E-state index in [1.54, 1.807) is 14.2 Å². The first kappa shape index (κ1) is 14.8. The molecule has 0 radical (unpaired) electrons. The standard InChI is InChI=1S/C12H17N5O5/c1-20-4-6-5(21-2)3-7(22-6)17-9-8(14-12(17)19)10(18)16-11(13)15-9/h5-7H,3-4H2,1-2H3,(H,14,19)(H3,13,15,16,18)/t5?,6-,7-/m1/s1. The summed E-state index contributed by atoms with van der Waals surface area (Å²) in [4.78, 5) is 32.8. The topological polar surface area (TPSA) is 137 Å². The van der Waals surface area contributed by atoms with Crippen molar-refractivity contribution in [1.82, 2.24) is 19.5 Å². The zero-order valence-electron chi connectivity index (χ0n) is 12.2. The molecule has 0 aromatic carbocycles. The molecule has 1 aliphatic heterocycles. The maximum Gasteiger partial charge on any atom is 0.329 e. The largest absolute Gasteiger partial charge is 0.382 e. The van der Waals surface area contributed by atoms with Gasteiger partial charge in [-0.15, -0.1) is 0 Å². The Hall–Kier alpha value is -2.17. The number of rotatable bonds is 4. The van der Waals surface area contributed by atoms with E-state index in [-0.39, 0.29) is 29.3 Å². The normalized spacial score (nSPS) is 25.1. The lowest BCUT2D eigenvalue weighted by Crippen LogP contribution is -2.27. The highest BCUT2D eigenvalue weighted by atomic mass is 16.6.